The van der Waals surface area contributed by atoms with Gasteiger partial charge in [-0.2, -0.15) is 0 Å². The Morgan fingerprint density at radius 2 is 2.03 bits per heavy atom. The van der Waals surface area contributed by atoms with Crippen LogP contribution >= 0.6 is 0 Å². The number of carbonyl (C=O) groups is 1. The fourth-order valence-electron chi connectivity index (χ4n) is 5.57. The third-order valence-corrected chi connectivity index (χ3v) is 7.23. The first kappa shape index (κ1) is 21.2. The Kier molecular flexibility index (Phi) is 5.53. The Bertz CT molecular complexity index is 1010. The zero-order valence-corrected chi connectivity index (χ0v) is 19.5. The Labute approximate surface area is 190 Å². The molecule has 1 aromatic heterocycles. The van der Waals surface area contributed by atoms with E-state index in [0.29, 0.717) is 17.9 Å². The van der Waals surface area contributed by atoms with Gasteiger partial charge in [0.2, 0.25) is 11.9 Å². The average molecular weight is 435 g/mol. The molecule has 2 fully saturated rings. The normalized spacial score (nSPS) is 27.8. The monoisotopic (exact) mass is 434 g/mol. The zero-order valence-electron chi connectivity index (χ0n) is 19.5. The number of benzene rings is 1. The summed E-state index contributed by atoms with van der Waals surface area (Å²) in [5.74, 6) is 1.60. The number of aromatic nitrogens is 2. The highest BCUT2D eigenvalue weighted by molar-refractivity contribution is 5.94. The molecule has 1 saturated carbocycles. The van der Waals surface area contributed by atoms with Crippen molar-refractivity contribution in [3.8, 4) is 0 Å². The van der Waals surface area contributed by atoms with Crippen molar-refractivity contribution < 1.29 is 4.79 Å². The topological polar surface area (TPSA) is 73.4 Å². The average Bonchev–Trinajstić information content (AvgIpc) is 3.60. The first-order chi connectivity index (χ1) is 15.4. The first-order valence-corrected chi connectivity index (χ1v) is 11.9. The summed E-state index contributed by atoms with van der Waals surface area (Å²) in [5, 5.41) is 7.17. The molecule has 4 atom stereocenters. The van der Waals surface area contributed by atoms with Gasteiger partial charge in [0.05, 0.1) is 6.04 Å². The van der Waals surface area contributed by atoms with Gasteiger partial charge in [0.15, 0.2) is 0 Å². The highest BCUT2D eigenvalue weighted by atomic mass is 16.2. The molecular weight excluding hydrogens is 400 g/mol. The van der Waals surface area contributed by atoms with E-state index in [2.05, 4.69) is 62.4 Å². The SMILES string of the molecule is CC(=O)N1c2ccc(N3CCN[C@@H](C)C3)cc2[C@H](Nc2nccc(C)n2)[C@@H](C)[C@@H]1C1CC1. The molecule has 5 rings (SSSR count). The standard InChI is InChI=1S/C25H34N6O/c1-15-9-10-27-25(28-15)29-23-17(3)24(19-5-6-19)31(18(4)32)22-8-7-20(13-21(22)23)30-12-11-26-16(2)14-30/h7-10,13,16-17,19,23-24,26H,5-6,11-12,14H2,1-4H3,(H,27,28,29)/t16-,17+,23+,24+/m0/s1. The van der Waals surface area contributed by atoms with E-state index in [9.17, 15) is 4.79 Å². The fourth-order valence-corrected chi connectivity index (χ4v) is 5.57. The van der Waals surface area contributed by atoms with Gasteiger partial charge in [-0.15, -0.1) is 0 Å². The van der Waals surface area contributed by atoms with Gasteiger partial charge in [-0.05, 0) is 56.9 Å². The van der Waals surface area contributed by atoms with Crippen LogP contribution in [-0.2, 0) is 4.79 Å². The van der Waals surface area contributed by atoms with E-state index in [1.54, 1.807) is 13.1 Å². The lowest BCUT2D eigenvalue weighted by atomic mass is 9.79. The Hall–Kier alpha value is -2.67. The van der Waals surface area contributed by atoms with Crippen molar-refractivity contribution in [1.82, 2.24) is 15.3 Å². The molecular formula is C25H34N6O. The maximum Gasteiger partial charge on any atom is 0.224 e. The minimum absolute atomic E-state index is 0.0493. The van der Waals surface area contributed by atoms with Crippen LogP contribution in [0.3, 0.4) is 0 Å². The number of hydrogen-bond donors (Lipinski definition) is 2. The Morgan fingerprint density at radius 3 is 2.72 bits per heavy atom. The van der Waals surface area contributed by atoms with Crippen LogP contribution in [0.15, 0.2) is 30.5 Å². The van der Waals surface area contributed by atoms with Crippen LogP contribution in [0.4, 0.5) is 17.3 Å². The number of rotatable bonds is 4. The van der Waals surface area contributed by atoms with Crippen molar-refractivity contribution in [2.75, 3.05) is 34.8 Å². The smallest absolute Gasteiger partial charge is 0.224 e. The van der Waals surface area contributed by atoms with Crippen LogP contribution in [0.25, 0.3) is 0 Å². The van der Waals surface area contributed by atoms with Crippen molar-refractivity contribution in [2.45, 2.75) is 58.7 Å². The molecule has 1 saturated heterocycles. The van der Waals surface area contributed by atoms with E-state index in [4.69, 9.17) is 0 Å². The molecule has 2 N–H and O–H groups in total. The predicted molar refractivity (Wildman–Crippen MR) is 128 cm³/mol. The number of nitrogens with zero attached hydrogens (tertiary/aromatic N) is 4. The maximum atomic E-state index is 12.9. The van der Waals surface area contributed by atoms with Gasteiger partial charge in [0.25, 0.3) is 0 Å². The maximum absolute atomic E-state index is 12.9. The number of anilines is 3. The minimum atomic E-state index is 0.0493. The summed E-state index contributed by atoms with van der Waals surface area (Å²) >= 11 is 0. The minimum Gasteiger partial charge on any atom is -0.369 e. The highest BCUT2D eigenvalue weighted by Crippen LogP contribution is 2.50. The highest BCUT2D eigenvalue weighted by Gasteiger charge is 2.47. The number of hydrogen-bond acceptors (Lipinski definition) is 6. The lowest BCUT2D eigenvalue weighted by Crippen LogP contribution is -2.51. The second kappa shape index (κ2) is 8.35. The molecule has 2 aromatic rings. The van der Waals surface area contributed by atoms with Crippen molar-refractivity contribution in [1.29, 1.82) is 0 Å². The molecule has 7 heteroatoms. The second-order valence-corrected chi connectivity index (χ2v) is 9.76. The quantitative estimate of drug-likeness (QED) is 0.767. The molecule has 170 valence electrons. The lowest BCUT2D eigenvalue weighted by molar-refractivity contribution is -0.117. The van der Waals surface area contributed by atoms with Crippen LogP contribution in [0.1, 0.15) is 50.9 Å². The van der Waals surface area contributed by atoms with Crippen LogP contribution in [0.2, 0.25) is 0 Å². The first-order valence-electron chi connectivity index (χ1n) is 11.9. The van der Waals surface area contributed by atoms with Gasteiger partial charge in [0, 0.05) is 73.4 Å². The van der Waals surface area contributed by atoms with Gasteiger partial charge >= 0.3 is 0 Å². The van der Waals surface area contributed by atoms with Crippen molar-refractivity contribution in [3.05, 3.63) is 41.7 Å². The molecule has 3 aliphatic rings. The number of piperazine rings is 1. The molecule has 1 amide bonds. The van der Waals surface area contributed by atoms with E-state index < -0.39 is 0 Å². The van der Waals surface area contributed by atoms with Crippen LogP contribution in [0, 0.1) is 18.8 Å². The molecule has 1 aliphatic carbocycles. The van der Waals surface area contributed by atoms with Crippen molar-refractivity contribution in [2.24, 2.45) is 11.8 Å². The largest absolute Gasteiger partial charge is 0.369 e. The van der Waals surface area contributed by atoms with E-state index in [-0.39, 0.29) is 23.9 Å². The summed E-state index contributed by atoms with van der Waals surface area (Å²) in [6, 6.07) is 9.26. The summed E-state index contributed by atoms with van der Waals surface area (Å²) in [5.41, 5.74) is 4.36. The Morgan fingerprint density at radius 1 is 1.22 bits per heavy atom. The number of aryl methyl sites for hydroxylation is 1. The fraction of sp³-hybridized carbons (Fsp3) is 0.560. The van der Waals surface area contributed by atoms with E-state index in [0.717, 1.165) is 31.0 Å². The summed E-state index contributed by atoms with van der Waals surface area (Å²) < 4.78 is 0. The zero-order chi connectivity index (χ0) is 22.4. The van der Waals surface area contributed by atoms with E-state index >= 15 is 0 Å². The molecule has 1 aromatic carbocycles. The number of nitrogens with one attached hydrogen (secondary N) is 2. The van der Waals surface area contributed by atoms with Crippen LogP contribution in [-0.4, -0.2) is 47.6 Å². The lowest BCUT2D eigenvalue weighted by Gasteiger charge is -2.46. The third-order valence-electron chi connectivity index (χ3n) is 7.23. The summed E-state index contributed by atoms with van der Waals surface area (Å²) in [4.78, 5) is 26.5. The summed E-state index contributed by atoms with van der Waals surface area (Å²) in [7, 11) is 0. The van der Waals surface area contributed by atoms with Crippen LogP contribution in [0.5, 0.6) is 0 Å². The predicted octanol–water partition coefficient (Wildman–Crippen LogP) is 3.52. The molecule has 0 bridgehead atoms. The van der Waals surface area contributed by atoms with Crippen LogP contribution < -0.4 is 20.4 Å². The summed E-state index contributed by atoms with van der Waals surface area (Å²) in [6.45, 7) is 11.1. The van der Waals surface area contributed by atoms with Gasteiger partial charge in [-0.3, -0.25) is 4.79 Å². The van der Waals surface area contributed by atoms with Crippen molar-refractivity contribution >= 4 is 23.2 Å². The van der Waals surface area contributed by atoms with Gasteiger partial charge in [-0.1, -0.05) is 6.92 Å². The molecule has 0 unspecified atom stereocenters. The number of fused-ring (bicyclic) bond motifs is 1. The molecule has 7 nitrogen and oxygen atoms in total. The van der Waals surface area contributed by atoms with E-state index in [1.807, 2.05) is 13.0 Å². The molecule has 32 heavy (non-hydrogen) atoms. The van der Waals surface area contributed by atoms with Gasteiger partial charge in [0.1, 0.15) is 0 Å². The summed E-state index contributed by atoms with van der Waals surface area (Å²) in [6.07, 6.45) is 4.19. The second-order valence-electron chi connectivity index (χ2n) is 9.76. The Balaban J connectivity index is 1.58. The molecule has 2 aliphatic heterocycles. The number of carbonyl (C=O) groups excluding carboxylic acids is 1. The van der Waals surface area contributed by atoms with Crippen molar-refractivity contribution in [3.63, 3.8) is 0 Å². The molecule has 0 spiro atoms. The molecule has 0 radical (unpaired) electrons. The van der Waals surface area contributed by atoms with Gasteiger partial charge < -0.3 is 20.4 Å². The third kappa shape index (κ3) is 3.94. The number of amides is 1. The molecule has 3 heterocycles. The van der Waals surface area contributed by atoms with Gasteiger partial charge in [-0.25, -0.2) is 9.97 Å². The van der Waals surface area contributed by atoms with E-state index in [1.165, 1.54) is 24.1 Å².